The first-order chi connectivity index (χ1) is 16.5. The van der Waals surface area contributed by atoms with Crippen LogP contribution in [0, 0.1) is 11.8 Å². The Kier molecular flexibility index (Phi) is 7.66. The third-order valence-corrected chi connectivity index (χ3v) is 6.01. The summed E-state index contributed by atoms with van der Waals surface area (Å²) >= 11 is 5.92. The summed E-state index contributed by atoms with van der Waals surface area (Å²) in [6.07, 6.45) is 1.54. The minimum atomic E-state index is -0.445. The van der Waals surface area contributed by atoms with Crippen molar-refractivity contribution in [2.45, 2.75) is 13.1 Å². The Hall–Kier alpha value is -3.15. The van der Waals surface area contributed by atoms with E-state index in [4.69, 9.17) is 16.3 Å². The lowest BCUT2D eigenvalue weighted by molar-refractivity contribution is 0.0342. The summed E-state index contributed by atoms with van der Waals surface area (Å²) in [5.74, 6) is 5.21. The Labute approximate surface area is 202 Å². The molecule has 0 bridgehead atoms. The van der Waals surface area contributed by atoms with Crippen molar-refractivity contribution in [1.29, 1.82) is 0 Å². The number of nitrogens with one attached hydrogen (secondary N) is 1. The first-order valence-corrected chi connectivity index (χ1v) is 11.4. The molecule has 1 aliphatic rings. The molecule has 176 valence electrons. The Bertz CT molecular complexity index is 1320. The molecule has 7 nitrogen and oxygen atoms in total. The second-order valence-corrected chi connectivity index (χ2v) is 8.62. The fourth-order valence-electron chi connectivity index (χ4n) is 4.09. The molecule has 1 fully saturated rings. The van der Waals surface area contributed by atoms with Crippen LogP contribution < -0.4 is 10.7 Å². The maximum Gasteiger partial charge on any atom is 0.257 e. The number of hydrogen-bond acceptors (Lipinski definition) is 5. The Morgan fingerprint density at radius 3 is 2.62 bits per heavy atom. The molecule has 1 aromatic heterocycles. The molecular formula is C26H26ClN3O4. The molecule has 2 aromatic carbocycles. The number of fused-ring (bicyclic) bond motifs is 1. The first-order valence-electron chi connectivity index (χ1n) is 11.0. The SMILES string of the molecule is Cn1cc(C(=O)NCc2ccc(Cl)cc2)c(=O)c2cc(CN3CCOCC3)cc(C#CCO)c21. The standard InChI is InChI=1S/C26H26ClN3O4/c1-29-17-23(26(33)28-15-18-4-6-21(27)7-5-18)25(32)22-14-19(16-30-8-11-34-12-9-30)13-20(24(22)29)3-2-10-31/h4-7,13-14,17,31H,8-12,15-16H2,1H3,(H,28,33). The van der Waals surface area contributed by atoms with Gasteiger partial charge in [0, 0.05) is 55.4 Å². The number of carbonyl (C=O) groups excluding carboxylic acids is 1. The number of aliphatic hydroxyl groups excluding tert-OH is 1. The second-order valence-electron chi connectivity index (χ2n) is 8.18. The number of carbonyl (C=O) groups is 1. The van der Waals surface area contributed by atoms with Gasteiger partial charge in [-0.2, -0.15) is 0 Å². The van der Waals surface area contributed by atoms with E-state index in [9.17, 15) is 14.7 Å². The van der Waals surface area contributed by atoms with E-state index in [1.807, 2.05) is 24.3 Å². The zero-order chi connectivity index (χ0) is 24.1. The summed E-state index contributed by atoms with van der Waals surface area (Å²) < 4.78 is 7.17. The lowest BCUT2D eigenvalue weighted by Crippen LogP contribution is -2.35. The molecule has 2 heterocycles. The van der Waals surface area contributed by atoms with Crippen LogP contribution in [0.2, 0.25) is 5.02 Å². The number of rotatable bonds is 5. The lowest BCUT2D eigenvalue weighted by Gasteiger charge is -2.26. The molecular weight excluding hydrogens is 454 g/mol. The molecule has 0 aliphatic carbocycles. The molecule has 0 unspecified atom stereocenters. The Morgan fingerprint density at radius 2 is 1.91 bits per heavy atom. The summed E-state index contributed by atoms with van der Waals surface area (Å²) in [6.45, 7) is 3.59. The number of ether oxygens (including phenoxy) is 1. The minimum Gasteiger partial charge on any atom is -0.384 e. The van der Waals surface area contributed by atoms with Crippen molar-refractivity contribution in [2.75, 3.05) is 32.9 Å². The molecule has 4 rings (SSSR count). The Morgan fingerprint density at radius 1 is 1.18 bits per heavy atom. The molecule has 1 aliphatic heterocycles. The number of amides is 1. The largest absolute Gasteiger partial charge is 0.384 e. The van der Waals surface area contributed by atoms with Crippen molar-refractivity contribution < 1.29 is 14.6 Å². The van der Waals surface area contributed by atoms with Gasteiger partial charge in [0.25, 0.3) is 5.91 Å². The zero-order valence-corrected chi connectivity index (χ0v) is 19.7. The quantitative estimate of drug-likeness (QED) is 0.549. The average molecular weight is 480 g/mol. The molecule has 1 amide bonds. The maximum atomic E-state index is 13.4. The smallest absolute Gasteiger partial charge is 0.257 e. The average Bonchev–Trinajstić information content (AvgIpc) is 2.84. The minimum absolute atomic E-state index is 0.0635. The highest BCUT2D eigenvalue weighted by Gasteiger charge is 2.18. The summed E-state index contributed by atoms with van der Waals surface area (Å²) in [7, 11) is 1.78. The van der Waals surface area contributed by atoms with Gasteiger partial charge in [-0.15, -0.1) is 0 Å². The Balaban J connectivity index is 1.70. The van der Waals surface area contributed by atoms with E-state index in [0.29, 0.717) is 41.2 Å². The second kappa shape index (κ2) is 10.9. The van der Waals surface area contributed by atoms with E-state index < -0.39 is 5.91 Å². The van der Waals surface area contributed by atoms with E-state index in [1.165, 1.54) is 6.20 Å². The molecule has 2 N–H and O–H groups in total. The third-order valence-electron chi connectivity index (χ3n) is 5.76. The number of nitrogens with zero attached hydrogens (tertiary/aromatic N) is 2. The van der Waals surface area contributed by atoms with Gasteiger partial charge < -0.3 is 19.7 Å². The van der Waals surface area contributed by atoms with Gasteiger partial charge in [0.05, 0.1) is 18.7 Å². The molecule has 0 saturated carbocycles. The number of halogens is 1. The van der Waals surface area contributed by atoms with Crippen LogP contribution in [0.1, 0.15) is 27.0 Å². The highest BCUT2D eigenvalue weighted by molar-refractivity contribution is 6.30. The van der Waals surface area contributed by atoms with E-state index >= 15 is 0 Å². The van der Waals surface area contributed by atoms with Crippen LogP contribution in [0.3, 0.4) is 0 Å². The highest BCUT2D eigenvalue weighted by atomic mass is 35.5. The van der Waals surface area contributed by atoms with Crippen LogP contribution in [-0.4, -0.2) is 53.4 Å². The van der Waals surface area contributed by atoms with E-state index in [-0.39, 0.29) is 24.1 Å². The third kappa shape index (κ3) is 5.49. The van der Waals surface area contributed by atoms with Gasteiger partial charge in [0.2, 0.25) is 5.43 Å². The highest BCUT2D eigenvalue weighted by Crippen LogP contribution is 2.21. The van der Waals surface area contributed by atoms with Crippen LogP contribution >= 0.6 is 11.6 Å². The lowest BCUT2D eigenvalue weighted by atomic mass is 10.0. The van der Waals surface area contributed by atoms with Crippen LogP contribution in [-0.2, 0) is 24.9 Å². The fourth-order valence-corrected chi connectivity index (χ4v) is 4.22. The van der Waals surface area contributed by atoms with Crippen molar-refractivity contribution in [3.8, 4) is 11.8 Å². The maximum absolute atomic E-state index is 13.4. The van der Waals surface area contributed by atoms with Gasteiger partial charge in [0.1, 0.15) is 12.2 Å². The van der Waals surface area contributed by atoms with Gasteiger partial charge in [-0.25, -0.2) is 0 Å². The number of hydrogen-bond donors (Lipinski definition) is 2. The summed E-state index contributed by atoms with van der Waals surface area (Å²) in [5, 5.41) is 13.1. The molecule has 8 heteroatoms. The number of pyridine rings is 1. The van der Waals surface area contributed by atoms with E-state index in [1.54, 1.807) is 23.7 Å². The molecule has 34 heavy (non-hydrogen) atoms. The summed E-state index contributed by atoms with van der Waals surface area (Å²) in [6, 6.07) is 10.9. The molecule has 0 atom stereocenters. The number of aryl methyl sites for hydroxylation is 1. The van der Waals surface area contributed by atoms with Gasteiger partial charge in [0.15, 0.2) is 0 Å². The predicted octanol–water partition coefficient (Wildman–Crippen LogP) is 2.30. The van der Waals surface area contributed by atoms with E-state index in [0.717, 1.165) is 24.2 Å². The van der Waals surface area contributed by atoms with Crippen LogP contribution in [0.15, 0.2) is 47.4 Å². The van der Waals surface area contributed by atoms with Crippen LogP contribution in [0.5, 0.6) is 0 Å². The normalized spacial score (nSPS) is 14.0. The van der Waals surface area contributed by atoms with Crippen molar-refractivity contribution >= 4 is 28.4 Å². The van der Waals surface area contributed by atoms with Gasteiger partial charge >= 0.3 is 0 Å². The van der Waals surface area contributed by atoms with Crippen molar-refractivity contribution in [1.82, 2.24) is 14.8 Å². The predicted molar refractivity (Wildman–Crippen MR) is 132 cm³/mol. The monoisotopic (exact) mass is 479 g/mol. The molecule has 3 aromatic rings. The number of aromatic nitrogens is 1. The number of aliphatic hydroxyl groups is 1. The fraction of sp³-hybridized carbons (Fsp3) is 0.308. The number of benzene rings is 2. The summed E-state index contributed by atoms with van der Waals surface area (Å²) in [5.41, 5.74) is 2.79. The number of morpholine rings is 1. The van der Waals surface area contributed by atoms with Gasteiger partial charge in [-0.1, -0.05) is 35.6 Å². The van der Waals surface area contributed by atoms with Gasteiger partial charge in [-0.05, 0) is 35.4 Å². The zero-order valence-electron chi connectivity index (χ0n) is 18.9. The van der Waals surface area contributed by atoms with Crippen molar-refractivity contribution in [3.63, 3.8) is 0 Å². The van der Waals surface area contributed by atoms with Crippen LogP contribution in [0.4, 0.5) is 0 Å². The van der Waals surface area contributed by atoms with Gasteiger partial charge in [-0.3, -0.25) is 14.5 Å². The van der Waals surface area contributed by atoms with Crippen molar-refractivity contribution in [2.24, 2.45) is 7.05 Å². The summed E-state index contributed by atoms with van der Waals surface area (Å²) in [4.78, 5) is 28.6. The molecule has 0 spiro atoms. The van der Waals surface area contributed by atoms with Crippen LogP contribution in [0.25, 0.3) is 10.9 Å². The first kappa shape index (κ1) is 24.0. The molecule has 0 radical (unpaired) electrons. The van der Waals surface area contributed by atoms with Crippen molar-refractivity contribution in [3.05, 3.63) is 80.1 Å². The topological polar surface area (TPSA) is 83.8 Å². The van der Waals surface area contributed by atoms with E-state index in [2.05, 4.69) is 22.1 Å². The molecule has 1 saturated heterocycles.